The molecule has 2 aliphatic rings. The highest BCUT2D eigenvalue weighted by Crippen LogP contribution is 2.48. The molecular weight excluding hydrogens is 380 g/mol. The van der Waals surface area contributed by atoms with Crippen molar-refractivity contribution in [3.05, 3.63) is 0 Å². The van der Waals surface area contributed by atoms with Gasteiger partial charge in [-0.2, -0.15) is 0 Å². The van der Waals surface area contributed by atoms with Gasteiger partial charge < -0.3 is 28.4 Å². The van der Waals surface area contributed by atoms with Gasteiger partial charge in [-0.05, 0) is 0 Å². The lowest BCUT2D eigenvalue weighted by Crippen LogP contribution is -2.70. The largest absolute Gasteiger partial charge is 0.455 e. The Kier molecular flexibility index (Phi) is 6.27. The molecule has 11 heteroatoms. The average Bonchev–Trinajstić information content (AvgIpc) is 3.31. The second-order valence-corrected chi connectivity index (χ2v) is 6.53. The first-order valence-electron chi connectivity index (χ1n) is 8.48. The van der Waals surface area contributed by atoms with Gasteiger partial charge in [-0.15, -0.1) is 0 Å². The van der Waals surface area contributed by atoms with Gasteiger partial charge in [0.25, 0.3) is 0 Å². The van der Waals surface area contributed by atoms with Gasteiger partial charge in [-0.3, -0.25) is 24.0 Å². The molecule has 2 unspecified atom stereocenters. The van der Waals surface area contributed by atoms with Crippen LogP contribution >= 0.6 is 0 Å². The lowest BCUT2D eigenvalue weighted by molar-refractivity contribution is -0.247. The Hall–Kier alpha value is -2.69. The summed E-state index contributed by atoms with van der Waals surface area (Å²) in [6, 6.07) is 0. The fourth-order valence-corrected chi connectivity index (χ4v) is 3.32. The molecule has 0 amide bonds. The maximum Gasteiger partial charge on any atom is 0.303 e. The molecule has 1 aliphatic carbocycles. The topological polar surface area (TPSA) is 144 Å². The Morgan fingerprint density at radius 1 is 0.607 bits per heavy atom. The zero-order chi connectivity index (χ0) is 21.2. The zero-order valence-electron chi connectivity index (χ0n) is 16.1. The second kappa shape index (κ2) is 8.13. The Labute approximate surface area is 160 Å². The Balaban J connectivity index is 2.57. The first kappa shape index (κ1) is 21.6. The minimum atomic E-state index is -1.42. The maximum absolute atomic E-state index is 11.7. The van der Waals surface area contributed by atoms with Crippen molar-refractivity contribution < 1.29 is 52.4 Å². The Morgan fingerprint density at radius 3 is 1.14 bits per heavy atom. The summed E-state index contributed by atoms with van der Waals surface area (Å²) in [4.78, 5) is 58.3. The molecule has 0 bridgehead atoms. The highest BCUT2D eigenvalue weighted by atomic mass is 16.7. The van der Waals surface area contributed by atoms with E-state index in [1.807, 2.05) is 0 Å². The third kappa shape index (κ3) is 4.58. The highest BCUT2D eigenvalue weighted by molar-refractivity contribution is 5.70. The molecule has 1 spiro atoms. The van der Waals surface area contributed by atoms with E-state index in [9.17, 15) is 24.0 Å². The van der Waals surface area contributed by atoms with Crippen molar-refractivity contribution in [1.82, 2.24) is 0 Å². The molecule has 0 N–H and O–H groups in total. The fraction of sp³-hybridized carbons (Fsp3) is 0.706. The standard InChI is InChI=1S/C17H22O11/c1-7(18)24-12-13(25-8(2)19)15(27-10(4)21)17(6-23-17)16(28-11(5)22)14(12)26-9(3)20/h12-16H,6H2,1-5H3/t12?,13-,14+,15-,16+,17?. The van der Waals surface area contributed by atoms with Crippen molar-refractivity contribution >= 4 is 29.8 Å². The van der Waals surface area contributed by atoms with Crippen LogP contribution in [0.25, 0.3) is 0 Å². The maximum atomic E-state index is 11.7. The van der Waals surface area contributed by atoms with Crippen molar-refractivity contribution in [3.63, 3.8) is 0 Å². The van der Waals surface area contributed by atoms with Crippen LogP contribution in [0.15, 0.2) is 0 Å². The monoisotopic (exact) mass is 402 g/mol. The van der Waals surface area contributed by atoms with E-state index < -0.39 is 66.0 Å². The number of carbonyl (C=O) groups is 5. The van der Waals surface area contributed by atoms with Crippen molar-refractivity contribution in [2.45, 2.75) is 70.7 Å². The number of hydrogen-bond acceptors (Lipinski definition) is 11. The lowest BCUT2D eigenvalue weighted by atomic mass is 9.77. The van der Waals surface area contributed by atoms with Gasteiger partial charge in [0.15, 0.2) is 36.1 Å². The van der Waals surface area contributed by atoms with Crippen LogP contribution < -0.4 is 0 Å². The van der Waals surface area contributed by atoms with Crippen LogP contribution in [0.5, 0.6) is 0 Å². The van der Waals surface area contributed by atoms with E-state index in [1.165, 1.54) is 0 Å². The van der Waals surface area contributed by atoms with E-state index in [0.29, 0.717) is 0 Å². The number of rotatable bonds is 5. The molecule has 0 aromatic heterocycles. The number of epoxide rings is 1. The van der Waals surface area contributed by atoms with Crippen LogP contribution in [-0.2, 0) is 52.4 Å². The Bertz CT molecular complexity index is 635. The molecule has 156 valence electrons. The summed E-state index contributed by atoms with van der Waals surface area (Å²) in [6.07, 6.45) is -6.66. The van der Waals surface area contributed by atoms with Crippen LogP contribution in [0.3, 0.4) is 0 Å². The molecule has 2 rings (SSSR count). The predicted octanol–water partition coefficient (Wildman–Crippen LogP) is -0.572. The Morgan fingerprint density at radius 2 is 0.893 bits per heavy atom. The molecule has 1 saturated carbocycles. The van der Waals surface area contributed by atoms with Gasteiger partial charge in [-0.25, -0.2) is 0 Å². The summed E-state index contributed by atoms with van der Waals surface area (Å²) in [5, 5.41) is 0. The van der Waals surface area contributed by atoms with Gasteiger partial charge in [-0.1, -0.05) is 0 Å². The smallest absolute Gasteiger partial charge is 0.303 e. The van der Waals surface area contributed by atoms with Gasteiger partial charge in [0.1, 0.15) is 0 Å². The number of ether oxygens (including phenoxy) is 6. The van der Waals surface area contributed by atoms with Crippen LogP contribution in [0.2, 0.25) is 0 Å². The van der Waals surface area contributed by atoms with E-state index in [0.717, 1.165) is 34.6 Å². The van der Waals surface area contributed by atoms with Gasteiger partial charge in [0.2, 0.25) is 0 Å². The first-order chi connectivity index (χ1) is 13.0. The number of esters is 5. The van der Waals surface area contributed by atoms with E-state index in [-0.39, 0.29) is 6.61 Å². The molecular formula is C17H22O11. The molecule has 28 heavy (non-hydrogen) atoms. The van der Waals surface area contributed by atoms with Crippen molar-refractivity contribution in [2.24, 2.45) is 0 Å². The summed E-state index contributed by atoms with van der Waals surface area (Å²) in [5.41, 5.74) is -1.42. The lowest BCUT2D eigenvalue weighted by Gasteiger charge is -2.46. The van der Waals surface area contributed by atoms with Crippen LogP contribution in [-0.4, -0.2) is 72.6 Å². The quantitative estimate of drug-likeness (QED) is 0.331. The molecule has 1 saturated heterocycles. The predicted molar refractivity (Wildman–Crippen MR) is 86.5 cm³/mol. The first-order valence-corrected chi connectivity index (χ1v) is 8.48. The van der Waals surface area contributed by atoms with Crippen molar-refractivity contribution in [3.8, 4) is 0 Å². The molecule has 6 atom stereocenters. The molecule has 0 radical (unpaired) electrons. The van der Waals surface area contributed by atoms with E-state index in [4.69, 9.17) is 28.4 Å². The SMILES string of the molecule is CC(=O)OC1[C@@H](OC(C)=O)[C@@H](OC(C)=O)C2(CO2)[C@@H](OC(C)=O)[C@H]1OC(C)=O. The molecule has 0 aromatic carbocycles. The second-order valence-electron chi connectivity index (χ2n) is 6.53. The highest BCUT2D eigenvalue weighted by Gasteiger charge is 2.73. The van der Waals surface area contributed by atoms with Crippen molar-refractivity contribution in [2.75, 3.05) is 6.61 Å². The van der Waals surface area contributed by atoms with Crippen molar-refractivity contribution in [1.29, 1.82) is 0 Å². The number of carbonyl (C=O) groups excluding carboxylic acids is 5. The van der Waals surface area contributed by atoms with Gasteiger partial charge in [0, 0.05) is 34.6 Å². The van der Waals surface area contributed by atoms with E-state index >= 15 is 0 Å². The average molecular weight is 402 g/mol. The fourth-order valence-electron chi connectivity index (χ4n) is 3.32. The minimum Gasteiger partial charge on any atom is -0.455 e. The summed E-state index contributed by atoms with van der Waals surface area (Å²) >= 11 is 0. The van der Waals surface area contributed by atoms with Crippen LogP contribution in [0.4, 0.5) is 0 Å². The van der Waals surface area contributed by atoms with Gasteiger partial charge in [0.05, 0.1) is 6.61 Å². The zero-order valence-corrected chi connectivity index (χ0v) is 16.1. The van der Waals surface area contributed by atoms with Gasteiger partial charge >= 0.3 is 29.8 Å². The molecule has 2 fully saturated rings. The molecule has 11 nitrogen and oxygen atoms in total. The third-order valence-corrected chi connectivity index (χ3v) is 4.18. The number of hydrogen-bond donors (Lipinski definition) is 0. The summed E-state index contributed by atoms with van der Waals surface area (Å²) in [7, 11) is 0. The molecule has 1 aliphatic heterocycles. The summed E-state index contributed by atoms with van der Waals surface area (Å²) in [5.74, 6) is -3.77. The van der Waals surface area contributed by atoms with E-state index in [1.54, 1.807) is 0 Å². The van der Waals surface area contributed by atoms with Crippen LogP contribution in [0.1, 0.15) is 34.6 Å². The summed E-state index contributed by atoms with van der Waals surface area (Å²) in [6.45, 7) is 5.52. The van der Waals surface area contributed by atoms with E-state index in [2.05, 4.69) is 0 Å². The third-order valence-electron chi connectivity index (χ3n) is 4.18. The van der Waals surface area contributed by atoms with Crippen LogP contribution in [0, 0.1) is 0 Å². The normalized spacial score (nSPS) is 33.4. The minimum absolute atomic E-state index is 0.0365. The summed E-state index contributed by atoms with van der Waals surface area (Å²) < 4.78 is 31.8. The molecule has 0 aromatic rings. The molecule has 1 heterocycles.